The molecule has 0 saturated heterocycles. The number of non-ortho nitro benzene ring substituents is 1. The van der Waals surface area contributed by atoms with Crippen LogP contribution in [-0.2, 0) is 0 Å². The van der Waals surface area contributed by atoms with E-state index in [1.54, 1.807) is 30.5 Å². The Labute approximate surface area is 169 Å². The fourth-order valence-corrected chi connectivity index (χ4v) is 3.58. The number of nitrogens with one attached hydrogen (secondary N) is 1. The van der Waals surface area contributed by atoms with E-state index >= 15 is 0 Å². The lowest BCUT2D eigenvalue weighted by atomic mass is 10.2. The van der Waals surface area contributed by atoms with Gasteiger partial charge >= 0.3 is 0 Å². The van der Waals surface area contributed by atoms with Crippen molar-refractivity contribution < 1.29 is 9.72 Å². The highest BCUT2D eigenvalue weighted by Crippen LogP contribution is 2.25. The molecule has 0 fully saturated rings. The van der Waals surface area contributed by atoms with Crippen LogP contribution in [0.15, 0.2) is 66.0 Å². The van der Waals surface area contributed by atoms with Gasteiger partial charge in [-0.2, -0.15) is 5.10 Å². The van der Waals surface area contributed by atoms with Gasteiger partial charge in [0.05, 0.1) is 16.3 Å². The molecule has 0 bridgehead atoms. The fraction of sp³-hybridized carbons (Fsp3) is 0.0500. The quantitative estimate of drug-likeness (QED) is 0.390. The molecular formula is C20H15N5O3S. The zero-order valence-corrected chi connectivity index (χ0v) is 16.1. The molecule has 0 saturated carbocycles. The van der Waals surface area contributed by atoms with Gasteiger partial charge in [-0.05, 0) is 19.1 Å². The number of benzene rings is 2. The van der Waals surface area contributed by atoms with E-state index < -0.39 is 4.92 Å². The highest BCUT2D eigenvalue weighted by molar-refractivity contribution is 7.13. The number of anilines is 1. The average molecular weight is 405 g/mol. The van der Waals surface area contributed by atoms with E-state index in [0.29, 0.717) is 22.9 Å². The summed E-state index contributed by atoms with van der Waals surface area (Å²) in [5, 5.41) is 20.5. The van der Waals surface area contributed by atoms with Crippen LogP contribution in [0.2, 0.25) is 0 Å². The monoisotopic (exact) mass is 405 g/mol. The number of carbonyl (C=O) groups excluding carboxylic acids is 1. The van der Waals surface area contributed by atoms with E-state index in [2.05, 4.69) is 15.4 Å². The molecule has 0 radical (unpaired) electrons. The van der Waals surface area contributed by atoms with E-state index in [9.17, 15) is 14.9 Å². The molecule has 1 amide bonds. The molecule has 0 aliphatic carbocycles. The van der Waals surface area contributed by atoms with Crippen LogP contribution in [0.1, 0.15) is 16.2 Å². The first-order valence-electron chi connectivity index (χ1n) is 8.65. The van der Waals surface area contributed by atoms with Gasteiger partial charge < -0.3 is 5.32 Å². The van der Waals surface area contributed by atoms with Crippen LogP contribution in [0.25, 0.3) is 16.3 Å². The van der Waals surface area contributed by atoms with Gasteiger partial charge in [0.25, 0.3) is 11.6 Å². The van der Waals surface area contributed by atoms with Crippen LogP contribution in [-0.4, -0.2) is 25.6 Å². The maximum Gasteiger partial charge on any atom is 0.276 e. The molecule has 1 N–H and O–H groups in total. The van der Waals surface area contributed by atoms with Crippen LogP contribution < -0.4 is 5.32 Å². The number of hydrogen-bond donors (Lipinski definition) is 1. The molecule has 9 heteroatoms. The normalized spacial score (nSPS) is 10.7. The molecule has 0 spiro atoms. The minimum atomic E-state index is -0.465. The van der Waals surface area contributed by atoms with Crippen LogP contribution in [0.3, 0.4) is 0 Å². The van der Waals surface area contributed by atoms with Gasteiger partial charge in [0.15, 0.2) is 0 Å². The van der Waals surface area contributed by atoms with Crippen molar-refractivity contribution in [2.24, 2.45) is 0 Å². The lowest BCUT2D eigenvalue weighted by Crippen LogP contribution is -2.15. The highest BCUT2D eigenvalue weighted by atomic mass is 32.1. The van der Waals surface area contributed by atoms with Crippen LogP contribution >= 0.6 is 11.3 Å². The fourth-order valence-electron chi connectivity index (χ4n) is 2.77. The molecule has 0 aliphatic heterocycles. The number of rotatable bonds is 5. The number of nitrogens with zero attached hydrogens (tertiary/aromatic N) is 4. The van der Waals surface area contributed by atoms with E-state index in [0.717, 1.165) is 10.6 Å². The van der Waals surface area contributed by atoms with E-state index in [1.165, 1.54) is 28.2 Å². The summed E-state index contributed by atoms with van der Waals surface area (Å²) in [5.41, 5.74) is 2.54. The Morgan fingerprint density at radius 3 is 2.55 bits per heavy atom. The Kier molecular flexibility index (Phi) is 4.88. The SMILES string of the molecule is Cc1cc(NC(=O)c2csc(-c3ccccc3)n2)n(-c2ccc([N+](=O)[O-])cc2)n1. The maximum atomic E-state index is 12.7. The van der Waals surface area contributed by atoms with Crippen LogP contribution in [0.4, 0.5) is 11.5 Å². The maximum absolute atomic E-state index is 12.7. The van der Waals surface area contributed by atoms with Crippen LogP contribution in [0.5, 0.6) is 0 Å². The Morgan fingerprint density at radius 2 is 1.86 bits per heavy atom. The summed E-state index contributed by atoms with van der Waals surface area (Å²) < 4.78 is 1.53. The summed E-state index contributed by atoms with van der Waals surface area (Å²) >= 11 is 1.39. The molecule has 2 aromatic heterocycles. The first kappa shape index (κ1) is 18.5. The highest BCUT2D eigenvalue weighted by Gasteiger charge is 2.16. The van der Waals surface area contributed by atoms with Gasteiger partial charge in [0, 0.05) is 29.1 Å². The molecule has 8 nitrogen and oxygen atoms in total. The number of carbonyl (C=O) groups is 1. The summed E-state index contributed by atoms with van der Waals surface area (Å²) in [5.74, 6) is 0.0992. The van der Waals surface area contributed by atoms with Crippen molar-refractivity contribution in [3.05, 3.63) is 87.5 Å². The Bertz CT molecular complexity index is 1180. The number of hydrogen-bond acceptors (Lipinski definition) is 6. The molecule has 144 valence electrons. The van der Waals surface area contributed by atoms with Crippen molar-refractivity contribution in [3.8, 4) is 16.3 Å². The first-order valence-corrected chi connectivity index (χ1v) is 9.53. The Morgan fingerprint density at radius 1 is 1.14 bits per heavy atom. The van der Waals surface area contributed by atoms with Gasteiger partial charge in [-0.3, -0.25) is 14.9 Å². The standard InChI is InChI=1S/C20H15N5O3S/c1-13-11-18(24(23-13)15-7-9-16(10-8-15)25(27)28)22-19(26)17-12-29-20(21-17)14-5-3-2-4-6-14/h2-12H,1H3,(H,22,26). The van der Waals surface area contributed by atoms with Crippen molar-refractivity contribution in [2.45, 2.75) is 6.92 Å². The molecule has 0 aliphatic rings. The Hall–Kier alpha value is -3.85. The molecule has 2 heterocycles. The predicted molar refractivity (Wildman–Crippen MR) is 110 cm³/mol. The zero-order valence-electron chi connectivity index (χ0n) is 15.3. The summed E-state index contributed by atoms with van der Waals surface area (Å²) in [4.78, 5) is 27.5. The average Bonchev–Trinajstić information content (AvgIpc) is 3.36. The molecule has 0 unspecified atom stereocenters. The summed E-state index contributed by atoms with van der Waals surface area (Å²) in [6.45, 7) is 1.80. The molecule has 0 atom stereocenters. The summed E-state index contributed by atoms with van der Waals surface area (Å²) in [6, 6.07) is 17.3. The third-order valence-corrected chi connectivity index (χ3v) is 5.03. The molecule has 4 aromatic rings. The van der Waals surface area contributed by atoms with Gasteiger partial charge in [-0.25, -0.2) is 9.67 Å². The minimum Gasteiger partial charge on any atom is -0.305 e. The number of thiazole rings is 1. The number of amides is 1. The van der Waals surface area contributed by atoms with E-state index in [4.69, 9.17) is 0 Å². The largest absolute Gasteiger partial charge is 0.305 e. The topological polar surface area (TPSA) is 103 Å². The third-order valence-electron chi connectivity index (χ3n) is 4.14. The third kappa shape index (κ3) is 3.90. The van der Waals surface area contributed by atoms with Gasteiger partial charge in [0.2, 0.25) is 0 Å². The number of aromatic nitrogens is 3. The molecular weight excluding hydrogens is 390 g/mol. The van der Waals surface area contributed by atoms with Crippen molar-refractivity contribution in [1.82, 2.24) is 14.8 Å². The Balaban J connectivity index is 1.58. The van der Waals surface area contributed by atoms with Crippen molar-refractivity contribution in [1.29, 1.82) is 0 Å². The first-order chi connectivity index (χ1) is 14.0. The lowest BCUT2D eigenvalue weighted by molar-refractivity contribution is -0.384. The van der Waals surface area contributed by atoms with E-state index in [1.807, 2.05) is 30.3 Å². The van der Waals surface area contributed by atoms with Gasteiger partial charge in [0.1, 0.15) is 16.5 Å². The van der Waals surface area contributed by atoms with Crippen molar-refractivity contribution in [2.75, 3.05) is 5.32 Å². The van der Waals surface area contributed by atoms with E-state index in [-0.39, 0.29) is 11.6 Å². The number of nitro groups is 1. The lowest BCUT2D eigenvalue weighted by Gasteiger charge is -2.08. The van der Waals surface area contributed by atoms with Gasteiger partial charge in [-0.1, -0.05) is 30.3 Å². The second kappa shape index (κ2) is 7.64. The smallest absolute Gasteiger partial charge is 0.276 e. The van der Waals surface area contributed by atoms with Crippen LogP contribution in [0, 0.1) is 17.0 Å². The number of aryl methyl sites for hydroxylation is 1. The zero-order chi connectivity index (χ0) is 20.4. The van der Waals surface area contributed by atoms with Gasteiger partial charge in [-0.15, -0.1) is 11.3 Å². The second-order valence-corrected chi connectivity index (χ2v) is 7.07. The number of nitro benzene ring substituents is 1. The molecule has 2 aromatic carbocycles. The summed E-state index contributed by atoms with van der Waals surface area (Å²) in [6.07, 6.45) is 0. The van der Waals surface area contributed by atoms with Crippen molar-refractivity contribution >= 4 is 28.7 Å². The van der Waals surface area contributed by atoms with Crippen molar-refractivity contribution in [3.63, 3.8) is 0 Å². The molecule has 29 heavy (non-hydrogen) atoms. The summed E-state index contributed by atoms with van der Waals surface area (Å²) in [7, 11) is 0. The minimum absolute atomic E-state index is 0.0147. The molecule has 4 rings (SSSR count). The predicted octanol–water partition coefficient (Wildman–Crippen LogP) is 4.46. The second-order valence-electron chi connectivity index (χ2n) is 6.21.